The van der Waals surface area contributed by atoms with Gasteiger partial charge in [-0.2, -0.15) is 0 Å². The second kappa shape index (κ2) is 4.59. The highest BCUT2D eigenvalue weighted by atomic mass is 14.7. The van der Waals surface area contributed by atoms with Gasteiger partial charge in [-0.1, -0.05) is 33.8 Å². The minimum atomic E-state index is 0.551. The molecule has 2 unspecified atom stereocenters. The van der Waals surface area contributed by atoms with E-state index in [1.165, 1.54) is 5.69 Å². The highest BCUT2D eigenvalue weighted by Gasteiger charge is 2.18. The van der Waals surface area contributed by atoms with E-state index in [1.54, 1.807) is 0 Å². The molecule has 1 heteroatoms. The van der Waals surface area contributed by atoms with Crippen molar-refractivity contribution in [2.75, 3.05) is 0 Å². The van der Waals surface area contributed by atoms with E-state index in [2.05, 4.69) is 57.8 Å². The Bertz CT molecular complexity index is 291. The maximum Gasteiger partial charge on any atom is 0.0437 e. The SMILES string of the molecule is Cc1cccc(C(C)C(C)C(C)C)n1. The Kier molecular flexibility index (Phi) is 3.68. The summed E-state index contributed by atoms with van der Waals surface area (Å²) in [5.41, 5.74) is 2.34. The van der Waals surface area contributed by atoms with Crippen LogP contribution < -0.4 is 0 Å². The number of hydrogen-bond donors (Lipinski definition) is 0. The largest absolute Gasteiger partial charge is 0.258 e. The van der Waals surface area contributed by atoms with E-state index in [0.717, 1.165) is 5.69 Å². The number of aromatic nitrogens is 1. The average molecular weight is 191 g/mol. The Morgan fingerprint density at radius 3 is 2.21 bits per heavy atom. The van der Waals surface area contributed by atoms with E-state index in [0.29, 0.717) is 17.8 Å². The van der Waals surface area contributed by atoms with Gasteiger partial charge in [0.05, 0.1) is 0 Å². The topological polar surface area (TPSA) is 12.9 Å². The van der Waals surface area contributed by atoms with E-state index in [9.17, 15) is 0 Å². The van der Waals surface area contributed by atoms with Crippen molar-refractivity contribution in [3.63, 3.8) is 0 Å². The van der Waals surface area contributed by atoms with Gasteiger partial charge in [0.25, 0.3) is 0 Å². The summed E-state index contributed by atoms with van der Waals surface area (Å²) in [7, 11) is 0. The fourth-order valence-electron chi connectivity index (χ4n) is 1.66. The normalized spacial score (nSPS) is 15.6. The number of hydrogen-bond acceptors (Lipinski definition) is 1. The van der Waals surface area contributed by atoms with Crippen molar-refractivity contribution in [3.8, 4) is 0 Å². The second-order valence-corrected chi connectivity index (χ2v) is 4.60. The van der Waals surface area contributed by atoms with E-state index in [4.69, 9.17) is 0 Å². The van der Waals surface area contributed by atoms with Crippen molar-refractivity contribution in [2.24, 2.45) is 11.8 Å². The van der Waals surface area contributed by atoms with Crippen molar-refractivity contribution < 1.29 is 0 Å². The molecule has 0 fully saturated rings. The monoisotopic (exact) mass is 191 g/mol. The predicted octanol–water partition coefficient (Wildman–Crippen LogP) is 3.79. The van der Waals surface area contributed by atoms with Crippen LogP contribution in [0, 0.1) is 18.8 Å². The molecule has 0 radical (unpaired) electrons. The molecule has 0 aromatic carbocycles. The van der Waals surface area contributed by atoms with Gasteiger partial charge >= 0.3 is 0 Å². The lowest BCUT2D eigenvalue weighted by Gasteiger charge is -2.23. The van der Waals surface area contributed by atoms with Crippen LogP contribution in [0.1, 0.15) is 45.0 Å². The highest BCUT2D eigenvalue weighted by Crippen LogP contribution is 2.28. The first-order valence-corrected chi connectivity index (χ1v) is 5.46. The quantitative estimate of drug-likeness (QED) is 0.708. The molecule has 1 nitrogen and oxygen atoms in total. The molecule has 0 aliphatic rings. The molecule has 0 aliphatic carbocycles. The lowest BCUT2D eigenvalue weighted by Crippen LogP contribution is -2.13. The van der Waals surface area contributed by atoms with Crippen LogP contribution in [0.5, 0.6) is 0 Å². The zero-order valence-electron chi connectivity index (χ0n) is 9.91. The Morgan fingerprint density at radius 2 is 1.71 bits per heavy atom. The first-order chi connectivity index (χ1) is 6.52. The standard InChI is InChI=1S/C13H21N/c1-9(2)11(4)12(5)13-8-6-7-10(3)14-13/h6-9,11-12H,1-5H3. The average Bonchev–Trinajstić information content (AvgIpc) is 2.15. The summed E-state index contributed by atoms with van der Waals surface area (Å²) < 4.78 is 0. The van der Waals surface area contributed by atoms with Gasteiger partial charge in [0.2, 0.25) is 0 Å². The second-order valence-electron chi connectivity index (χ2n) is 4.60. The van der Waals surface area contributed by atoms with Gasteiger partial charge in [0.15, 0.2) is 0 Å². The maximum atomic E-state index is 4.58. The first kappa shape index (κ1) is 11.2. The molecule has 0 bridgehead atoms. The molecule has 1 aromatic heterocycles. The van der Waals surface area contributed by atoms with E-state index in [-0.39, 0.29) is 0 Å². The van der Waals surface area contributed by atoms with Crippen molar-refractivity contribution >= 4 is 0 Å². The molecular formula is C13H21N. The van der Waals surface area contributed by atoms with Crippen LogP contribution in [0.15, 0.2) is 18.2 Å². The summed E-state index contributed by atoms with van der Waals surface area (Å²) in [5, 5.41) is 0. The molecule has 1 aromatic rings. The summed E-state index contributed by atoms with van der Waals surface area (Å²) in [6.45, 7) is 11.2. The summed E-state index contributed by atoms with van der Waals surface area (Å²) in [6, 6.07) is 6.29. The number of aryl methyl sites for hydroxylation is 1. The Hall–Kier alpha value is -0.850. The number of nitrogens with zero attached hydrogens (tertiary/aromatic N) is 1. The van der Waals surface area contributed by atoms with E-state index >= 15 is 0 Å². The van der Waals surface area contributed by atoms with Crippen LogP contribution in [0.2, 0.25) is 0 Å². The molecule has 1 rings (SSSR count). The van der Waals surface area contributed by atoms with Gasteiger partial charge in [-0.05, 0) is 30.9 Å². The van der Waals surface area contributed by atoms with E-state index in [1.807, 2.05) is 0 Å². The predicted molar refractivity (Wildman–Crippen MR) is 61.4 cm³/mol. The summed E-state index contributed by atoms with van der Waals surface area (Å²) >= 11 is 0. The van der Waals surface area contributed by atoms with Crippen LogP contribution in [-0.2, 0) is 0 Å². The molecule has 0 spiro atoms. The fourth-order valence-corrected chi connectivity index (χ4v) is 1.66. The molecule has 0 saturated carbocycles. The summed E-state index contributed by atoms with van der Waals surface area (Å²) in [4.78, 5) is 4.58. The molecule has 14 heavy (non-hydrogen) atoms. The number of pyridine rings is 1. The van der Waals surface area contributed by atoms with Crippen molar-refractivity contribution in [3.05, 3.63) is 29.6 Å². The molecule has 0 saturated heterocycles. The summed E-state index contributed by atoms with van der Waals surface area (Å²) in [5.74, 6) is 1.95. The molecule has 2 atom stereocenters. The zero-order chi connectivity index (χ0) is 10.7. The Balaban J connectivity index is 2.83. The van der Waals surface area contributed by atoms with Gasteiger partial charge in [-0.3, -0.25) is 4.98 Å². The maximum absolute atomic E-state index is 4.58. The Morgan fingerprint density at radius 1 is 1.07 bits per heavy atom. The zero-order valence-corrected chi connectivity index (χ0v) is 9.91. The first-order valence-electron chi connectivity index (χ1n) is 5.46. The van der Waals surface area contributed by atoms with Crippen LogP contribution in [0.4, 0.5) is 0 Å². The molecule has 1 heterocycles. The third-order valence-corrected chi connectivity index (χ3v) is 3.22. The van der Waals surface area contributed by atoms with Gasteiger partial charge in [0.1, 0.15) is 0 Å². The highest BCUT2D eigenvalue weighted by molar-refractivity contribution is 5.14. The smallest absolute Gasteiger partial charge is 0.0437 e. The van der Waals surface area contributed by atoms with Crippen LogP contribution in [0.3, 0.4) is 0 Å². The minimum Gasteiger partial charge on any atom is -0.258 e. The van der Waals surface area contributed by atoms with Gasteiger partial charge in [-0.25, -0.2) is 0 Å². The third kappa shape index (κ3) is 2.57. The van der Waals surface area contributed by atoms with Crippen molar-refractivity contribution in [1.29, 1.82) is 0 Å². The van der Waals surface area contributed by atoms with Crippen LogP contribution >= 0.6 is 0 Å². The molecular weight excluding hydrogens is 170 g/mol. The fraction of sp³-hybridized carbons (Fsp3) is 0.615. The minimum absolute atomic E-state index is 0.551. The lowest BCUT2D eigenvalue weighted by atomic mass is 9.84. The molecule has 0 aliphatic heterocycles. The summed E-state index contributed by atoms with van der Waals surface area (Å²) in [6.07, 6.45) is 0. The molecule has 78 valence electrons. The van der Waals surface area contributed by atoms with Crippen LogP contribution in [-0.4, -0.2) is 4.98 Å². The molecule has 0 amide bonds. The Labute approximate surface area is 87.6 Å². The third-order valence-electron chi connectivity index (χ3n) is 3.22. The van der Waals surface area contributed by atoms with Crippen molar-refractivity contribution in [1.82, 2.24) is 4.98 Å². The van der Waals surface area contributed by atoms with Gasteiger partial charge in [0, 0.05) is 17.3 Å². The lowest BCUT2D eigenvalue weighted by molar-refractivity contribution is 0.358. The number of rotatable bonds is 3. The van der Waals surface area contributed by atoms with Gasteiger partial charge < -0.3 is 0 Å². The van der Waals surface area contributed by atoms with Crippen LogP contribution in [0.25, 0.3) is 0 Å². The van der Waals surface area contributed by atoms with E-state index < -0.39 is 0 Å². The van der Waals surface area contributed by atoms with Gasteiger partial charge in [-0.15, -0.1) is 0 Å². The molecule has 0 N–H and O–H groups in total. The van der Waals surface area contributed by atoms with Crippen molar-refractivity contribution in [2.45, 2.75) is 40.5 Å².